The van der Waals surface area contributed by atoms with Crippen LogP contribution in [0.3, 0.4) is 0 Å². The SMILES string of the molecule is COc1cc(NC(=O)[C@@H](C)Sc2nc3ncc(Cl)cc3[nH]2)cc(OC)c1. The second kappa shape index (κ2) is 7.84. The number of nitrogens with one attached hydrogen (secondary N) is 2. The fourth-order valence-electron chi connectivity index (χ4n) is 2.25. The Morgan fingerprint density at radius 1 is 1.23 bits per heavy atom. The van der Waals surface area contributed by atoms with Gasteiger partial charge in [0.05, 0.1) is 30.0 Å². The summed E-state index contributed by atoms with van der Waals surface area (Å²) in [6, 6.07) is 6.93. The zero-order chi connectivity index (χ0) is 18.7. The molecule has 0 aliphatic carbocycles. The smallest absolute Gasteiger partial charge is 0.237 e. The Balaban J connectivity index is 1.71. The van der Waals surface area contributed by atoms with Crippen LogP contribution < -0.4 is 14.8 Å². The molecule has 0 aliphatic rings. The van der Waals surface area contributed by atoms with Crippen LogP contribution in [0.1, 0.15) is 6.92 Å². The molecule has 9 heteroatoms. The average molecular weight is 393 g/mol. The summed E-state index contributed by atoms with van der Waals surface area (Å²) < 4.78 is 10.4. The highest BCUT2D eigenvalue weighted by molar-refractivity contribution is 8.00. The molecule has 3 aromatic rings. The molecule has 3 rings (SSSR count). The van der Waals surface area contributed by atoms with Gasteiger partial charge in [-0.1, -0.05) is 23.4 Å². The summed E-state index contributed by atoms with van der Waals surface area (Å²) in [4.78, 5) is 24.1. The summed E-state index contributed by atoms with van der Waals surface area (Å²) in [6.07, 6.45) is 1.53. The molecule has 7 nitrogen and oxygen atoms in total. The van der Waals surface area contributed by atoms with Gasteiger partial charge in [0.1, 0.15) is 11.5 Å². The van der Waals surface area contributed by atoms with E-state index in [0.29, 0.717) is 33.0 Å². The molecule has 0 unspecified atom stereocenters. The lowest BCUT2D eigenvalue weighted by atomic mass is 10.2. The normalized spacial score (nSPS) is 12.0. The number of imidazole rings is 1. The zero-order valence-corrected chi connectivity index (χ0v) is 15.9. The minimum Gasteiger partial charge on any atom is -0.497 e. The van der Waals surface area contributed by atoms with Crippen LogP contribution in [-0.2, 0) is 4.79 Å². The lowest BCUT2D eigenvalue weighted by Crippen LogP contribution is -2.22. The molecule has 2 aromatic heterocycles. The van der Waals surface area contributed by atoms with Gasteiger partial charge >= 0.3 is 0 Å². The number of carbonyl (C=O) groups is 1. The first-order valence-electron chi connectivity index (χ1n) is 7.70. The molecular formula is C17H17ClN4O3S. The number of aromatic nitrogens is 3. The lowest BCUT2D eigenvalue weighted by molar-refractivity contribution is -0.115. The van der Waals surface area contributed by atoms with Crippen molar-refractivity contribution in [2.45, 2.75) is 17.3 Å². The minimum absolute atomic E-state index is 0.170. The maximum Gasteiger partial charge on any atom is 0.237 e. The van der Waals surface area contributed by atoms with E-state index in [4.69, 9.17) is 21.1 Å². The lowest BCUT2D eigenvalue weighted by Gasteiger charge is -2.12. The van der Waals surface area contributed by atoms with E-state index in [1.165, 1.54) is 18.0 Å². The van der Waals surface area contributed by atoms with E-state index >= 15 is 0 Å². The monoisotopic (exact) mass is 392 g/mol. The highest BCUT2D eigenvalue weighted by Gasteiger charge is 2.18. The number of benzene rings is 1. The van der Waals surface area contributed by atoms with Gasteiger partial charge < -0.3 is 19.8 Å². The van der Waals surface area contributed by atoms with E-state index in [9.17, 15) is 4.79 Å². The van der Waals surface area contributed by atoms with E-state index in [1.54, 1.807) is 45.4 Å². The van der Waals surface area contributed by atoms with Gasteiger partial charge in [0.2, 0.25) is 5.91 Å². The fraction of sp³-hybridized carbons (Fsp3) is 0.235. The van der Waals surface area contributed by atoms with Crippen LogP contribution in [0.25, 0.3) is 11.2 Å². The van der Waals surface area contributed by atoms with Crippen LogP contribution in [-0.4, -0.2) is 40.3 Å². The van der Waals surface area contributed by atoms with E-state index in [-0.39, 0.29) is 11.2 Å². The predicted octanol–water partition coefficient (Wildman–Crippen LogP) is 3.75. The first-order valence-corrected chi connectivity index (χ1v) is 8.96. The number of anilines is 1. The molecule has 0 spiro atoms. The standard InChI is InChI=1S/C17H17ClN4O3S/c1-9(26-17-21-14-4-10(18)8-19-15(14)22-17)16(23)20-11-5-12(24-2)7-13(6-11)25-3/h4-9H,1-3H3,(H,20,23)(H,19,21,22)/t9-/m1/s1. The molecule has 2 N–H and O–H groups in total. The van der Waals surface area contributed by atoms with Crippen LogP contribution in [0.15, 0.2) is 35.6 Å². The Morgan fingerprint density at radius 2 is 1.92 bits per heavy atom. The fourth-order valence-corrected chi connectivity index (χ4v) is 3.22. The van der Waals surface area contributed by atoms with Crippen molar-refractivity contribution in [2.75, 3.05) is 19.5 Å². The number of nitrogens with zero attached hydrogens (tertiary/aromatic N) is 2. The summed E-state index contributed by atoms with van der Waals surface area (Å²) in [5.74, 6) is 1.03. The zero-order valence-electron chi connectivity index (χ0n) is 14.4. The third-order valence-corrected chi connectivity index (χ3v) is 4.75. The number of ether oxygens (including phenoxy) is 2. The van der Waals surface area contributed by atoms with E-state index < -0.39 is 0 Å². The molecule has 136 valence electrons. The van der Waals surface area contributed by atoms with Crippen molar-refractivity contribution < 1.29 is 14.3 Å². The van der Waals surface area contributed by atoms with E-state index in [1.807, 2.05) is 0 Å². The Morgan fingerprint density at radius 3 is 2.58 bits per heavy atom. The summed E-state index contributed by atoms with van der Waals surface area (Å²) in [7, 11) is 3.11. The molecule has 26 heavy (non-hydrogen) atoms. The number of methoxy groups -OCH3 is 2. The van der Waals surface area contributed by atoms with Crippen molar-refractivity contribution in [3.05, 3.63) is 35.5 Å². The number of thioether (sulfide) groups is 1. The number of rotatable bonds is 6. The Kier molecular flexibility index (Phi) is 5.53. The third-order valence-electron chi connectivity index (χ3n) is 3.56. The van der Waals surface area contributed by atoms with Crippen molar-refractivity contribution in [1.82, 2.24) is 15.0 Å². The van der Waals surface area contributed by atoms with Crippen LogP contribution in [0.4, 0.5) is 5.69 Å². The predicted molar refractivity (Wildman–Crippen MR) is 102 cm³/mol. The molecule has 1 amide bonds. The molecule has 2 heterocycles. The molecule has 0 saturated heterocycles. The van der Waals surface area contributed by atoms with Gasteiger partial charge in [-0.3, -0.25) is 4.79 Å². The molecular weight excluding hydrogens is 376 g/mol. The first-order chi connectivity index (χ1) is 12.5. The second-order valence-corrected chi connectivity index (χ2v) is 7.18. The number of hydrogen-bond acceptors (Lipinski definition) is 6. The summed E-state index contributed by atoms with van der Waals surface area (Å²) in [6.45, 7) is 1.80. The number of aromatic amines is 1. The minimum atomic E-state index is -0.386. The number of pyridine rings is 1. The molecule has 0 radical (unpaired) electrons. The quantitative estimate of drug-likeness (QED) is 0.621. The second-order valence-electron chi connectivity index (χ2n) is 5.42. The maximum atomic E-state index is 12.5. The average Bonchev–Trinajstić information content (AvgIpc) is 3.02. The van der Waals surface area contributed by atoms with Gasteiger partial charge in [-0.15, -0.1) is 0 Å². The summed E-state index contributed by atoms with van der Waals surface area (Å²) in [5, 5.41) is 3.59. The third kappa shape index (κ3) is 4.20. The summed E-state index contributed by atoms with van der Waals surface area (Å²) >= 11 is 7.22. The molecule has 1 aromatic carbocycles. The first kappa shape index (κ1) is 18.3. The molecule has 0 saturated carbocycles. The Labute approximate surface area is 159 Å². The number of amides is 1. The summed E-state index contributed by atoms with van der Waals surface area (Å²) in [5.41, 5.74) is 1.88. The van der Waals surface area contributed by atoms with Crippen LogP contribution >= 0.6 is 23.4 Å². The van der Waals surface area contributed by atoms with Gasteiger partial charge in [-0.2, -0.15) is 0 Å². The van der Waals surface area contributed by atoms with Crippen LogP contribution in [0.5, 0.6) is 11.5 Å². The van der Waals surface area contributed by atoms with Crippen molar-refractivity contribution in [2.24, 2.45) is 0 Å². The molecule has 1 atom stereocenters. The van der Waals surface area contributed by atoms with E-state index in [2.05, 4.69) is 20.3 Å². The van der Waals surface area contributed by atoms with Crippen LogP contribution in [0, 0.1) is 0 Å². The number of carbonyl (C=O) groups excluding carboxylic acids is 1. The number of H-pyrrole nitrogens is 1. The van der Waals surface area contributed by atoms with Gasteiger partial charge in [-0.25, -0.2) is 9.97 Å². The number of halogens is 1. The molecule has 0 aliphatic heterocycles. The van der Waals surface area contributed by atoms with Crippen molar-refractivity contribution in [1.29, 1.82) is 0 Å². The highest BCUT2D eigenvalue weighted by Crippen LogP contribution is 2.28. The van der Waals surface area contributed by atoms with Gasteiger partial charge in [-0.05, 0) is 13.0 Å². The Bertz CT molecular complexity index is 925. The highest BCUT2D eigenvalue weighted by atomic mass is 35.5. The van der Waals surface area contributed by atoms with Gasteiger partial charge in [0.25, 0.3) is 0 Å². The molecule has 0 bridgehead atoms. The van der Waals surface area contributed by atoms with Gasteiger partial charge in [0, 0.05) is 30.1 Å². The topological polar surface area (TPSA) is 89.1 Å². The maximum absolute atomic E-state index is 12.5. The Hall–Kier alpha value is -2.45. The number of hydrogen-bond donors (Lipinski definition) is 2. The van der Waals surface area contributed by atoms with Crippen molar-refractivity contribution in [3.8, 4) is 11.5 Å². The number of fused-ring (bicyclic) bond motifs is 1. The van der Waals surface area contributed by atoms with E-state index in [0.717, 1.165) is 5.52 Å². The van der Waals surface area contributed by atoms with Crippen LogP contribution in [0.2, 0.25) is 5.02 Å². The van der Waals surface area contributed by atoms with Crippen molar-refractivity contribution in [3.63, 3.8) is 0 Å². The van der Waals surface area contributed by atoms with Gasteiger partial charge in [0.15, 0.2) is 10.8 Å². The molecule has 0 fully saturated rings. The largest absolute Gasteiger partial charge is 0.497 e. The van der Waals surface area contributed by atoms with Crippen molar-refractivity contribution >= 4 is 46.1 Å².